The predicted molar refractivity (Wildman–Crippen MR) is 112 cm³/mol. The molecule has 1 aromatic carbocycles. The third-order valence-corrected chi connectivity index (χ3v) is 4.14. The molecule has 0 aliphatic rings. The molecular weight excluding hydrogens is 438 g/mol. The van der Waals surface area contributed by atoms with Crippen LogP contribution in [0, 0.1) is 10.1 Å². The van der Waals surface area contributed by atoms with Crippen molar-refractivity contribution >= 4 is 23.8 Å². The van der Waals surface area contributed by atoms with Gasteiger partial charge in [0.05, 0.1) is 25.4 Å². The molecule has 0 radical (unpaired) electrons. The first-order valence-corrected chi connectivity index (χ1v) is 9.36. The Hall–Kier alpha value is -4.68. The lowest BCUT2D eigenvalue weighted by molar-refractivity contribution is -0.385. The van der Waals surface area contributed by atoms with Gasteiger partial charge in [-0.15, -0.1) is 0 Å². The molecule has 1 N–H and O–H groups in total. The summed E-state index contributed by atoms with van der Waals surface area (Å²) < 4.78 is 22.1. The zero-order chi connectivity index (χ0) is 23.8. The van der Waals surface area contributed by atoms with E-state index < -0.39 is 16.8 Å². The molecule has 13 heteroatoms. The van der Waals surface area contributed by atoms with E-state index in [0.29, 0.717) is 22.8 Å². The number of carbonyl (C=O) groups excluding carboxylic acids is 2. The molecule has 0 aliphatic carbocycles. The van der Waals surface area contributed by atoms with Gasteiger partial charge in [0.15, 0.2) is 11.5 Å². The van der Waals surface area contributed by atoms with Crippen LogP contribution in [0.4, 0.5) is 5.69 Å². The Balaban J connectivity index is 1.55. The van der Waals surface area contributed by atoms with E-state index in [1.54, 1.807) is 24.3 Å². The Morgan fingerprint density at radius 3 is 2.79 bits per heavy atom. The van der Waals surface area contributed by atoms with Gasteiger partial charge in [-0.2, -0.15) is 10.2 Å². The predicted octanol–water partition coefficient (Wildman–Crippen LogP) is 1.91. The van der Waals surface area contributed by atoms with Crippen molar-refractivity contribution < 1.29 is 33.1 Å². The average Bonchev–Trinajstić information content (AvgIpc) is 3.47. The number of furan rings is 1. The number of rotatable bonds is 10. The summed E-state index contributed by atoms with van der Waals surface area (Å²) in [6.07, 6.45) is 3.59. The van der Waals surface area contributed by atoms with Gasteiger partial charge in [0.25, 0.3) is 5.91 Å². The zero-order valence-corrected chi connectivity index (χ0v) is 17.6. The number of hydrogen-bond donors (Lipinski definition) is 1. The maximum atomic E-state index is 11.9. The van der Waals surface area contributed by atoms with Crippen molar-refractivity contribution in [2.45, 2.75) is 13.2 Å². The average molecular weight is 457 g/mol. The molecule has 2 heterocycles. The molecule has 13 nitrogen and oxygen atoms in total. The Morgan fingerprint density at radius 1 is 1.27 bits per heavy atom. The molecule has 0 aliphatic heterocycles. The van der Waals surface area contributed by atoms with Crippen molar-refractivity contribution in [2.24, 2.45) is 5.10 Å². The molecule has 2 aromatic heterocycles. The van der Waals surface area contributed by atoms with Gasteiger partial charge < -0.3 is 18.6 Å². The Morgan fingerprint density at radius 2 is 2.09 bits per heavy atom. The van der Waals surface area contributed by atoms with Crippen LogP contribution in [0.5, 0.6) is 11.5 Å². The van der Waals surface area contributed by atoms with Crippen molar-refractivity contribution in [3.63, 3.8) is 0 Å². The van der Waals surface area contributed by atoms with E-state index in [4.69, 9.17) is 13.9 Å². The number of methoxy groups -OCH3 is 2. The molecule has 33 heavy (non-hydrogen) atoms. The second kappa shape index (κ2) is 10.6. The number of hydrogen-bond acceptors (Lipinski definition) is 10. The van der Waals surface area contributed by atoms with Gasteiger partial charge in [0.2, 0.25) is 5.76 Å². The topological polar surface area (TPSA) is 160 Å². The van der Waals surface area contributed by atoms with Crippen molar-refractivity contribution in [2.75, 3.05) is 14.2 Å². The number of nitrogens with zero attached hydrogens (tertiary/aromatic N) is 4. The fourth-order valence-corrected chi connectivity index (χ4v) is 2.59. The maximum absolute atomic E-state index is 11.9. The Labute approximate surface area is 186 Å². The lowest BCUT2D eigenvalue weighted by Gasteiger charge is -2.10. The SMILES string of the molecule is COC(=O)c1ccc(COc2ccc(/C=N/NC(=O)Cn3cc([N+](=O)[O-])cn3)cc2OC)o1. The molecule has 0 bridgehead atoms. The van der Waals surface area contributed by atoms with Crippen LogP contribution in [0.25, 0.3) is 0 Å². The smallest absolute Gasteiger partial charge is 0.373 e. The highest BCUT2D eigenvalue weighted by molar-refractivity contribution is 5.86. The van der Waals surface area contributed by atoms with E-state index in [0.717, 1.165) is 17.1 Å². The second-order valence-corrected chi connectivity index (χ2v) is 6.40. The van der Waals surface area contributed by atoms with Crippen LogP contribution in [-0.4, -0.2) is 47.0 Å². The van der Waals surface area contributed by atoms with Crippen LogP contribution in [0.1, 0.15) is 21.9 Å². The summed E-state index contributed by atoms with van der Waals surface area (Å²) in [5.74, 6) is 0.237. The molecule has 0 saturated heterocycles. The van der Waals surface area contributed by atoms with Crippen molar-refractivity contribution in [3.8, 4) is 11.5 Å². The van der Waals surface area contributed by atoms with Gasteiger partial charge in [-0.1, -0.05) is 0 Å². The molecule has 0 atom stereocenters. The number of nitrogens with one attached hydrogen (secondary N) is 1. The first kappa shape index (κ1) is 23.0. The van der Waals surface area contributed by atoms with Gasteiger partial charge in [-0.25, -0.2) is 10.2 Å². The van der Waals surface area contributed by atoms with Crippen LogP contribution in [0.2, 0.25) is 0 Å². The largest absolute Gasteiger partial charge is 0.493 e. The van der Waals surface area contributed by atoms with Crippen LogP contribution in [0.3, 0.4) is 0 Å². The molecule has 0 unspecified atom stereocenters. The summed E-state index contributed by atoms with van der Waals surface area (Å²) in [4.78, 5) is 33.4. The van der Waals surface area contributed by atoms with Crippen LogP contribution < -0.4 is 14.9 Å². The number of amides is 1. The van der Waals surface area contributed by atoms with Gasteiger partial charge in [0, 0.05) is 0 Å². The number of ether oxygens (including phenoxy) is 3. The molecule has 172 valence electrons. The van der Waals surface area contributed by atoms with Gasteiger partial charge in [0.1, 0.15) is 31.3 Å². The number of esters is 1. The quantitative estimate of drug-likeness (QED) is 0.207. The minimum absolute atomic E-state index is 0.0580. The summed E-state index contributed by atoms with van der Waals surface area (Å²) in [5.41, 5.74) is 2.71. The zero-order valence-electron chi connectivity index (χ0n) is 17.6. The van der Waals surface area contributed by atoms with Crippen molar-refractivity contribution in [1.82, 2.24) is 15.2 Å². The second-order valence-electron chi connectivity index (χ2n) is 6.40. The third-order valence-electron chi connectivity index (χ3n) is 4.14. The number of hydrazone groups is 1. The van der Waals surface area contributed by atoms with Crippen LogP contribution in [-0.2, 0) is 22.7 Å². The number of aromatic nitrogens is 2. The van der Waals surface area contributed by atoms with Crippen LogP contribution in [0.15, 0.2) is 52.2 Å². The number of nitro groups is 1. The first-order valence-electron chi connectivity index (χ1n) is 9.36. The molecule has 1 amide bonds. The summed E-state index contributed by atoms with van der Waals surface area (Å²) in [7, 11) is 2.73. The summed E-state index contributed by atoms with van der Waals surface area (Å²) >= 11 is 0. The van der Waals surface area contributed by atoms with Gasteiger partial charge in [-0.05, 0) is 35.9 Å². The van der Waals surface area contributed by atoms with E-state index in [2.05, 4.69) is 20.4 Å². The lowest BCUT2D eigenvalue weighted by atomic mass is 10.2. The number of benzene rings is 1. The number of carbonyl (C=O) groups is 2. The highest BCUT2D eigenvalue weighted by atomic mass is 16.6. The van der Waals surface area contributed by atoms with Crippen molar-refractivity contribution in [3.05, 3.63) is 69.9 Å². The highest BCUT2D eigenvalue weighted by Gasteiger charge is 2.13. The van der Waals surface area contributed by atoms with Crippen LogP contribution >= 0.6 is 0 Å². The summed E-state index contributed by atoms with van der Waals surface area (Å²) in [5, 5.41) is 18.2. The minimum Gasteiger partial charge on any atom is -0.493 e. The van der Waals surface area contributed by atoms with E-state index >= 15 is 0 Å². The summed E-state index contributed by atoms with van der Waals surface area (Å²) in [6, 6.07) is 8.07. The van der Waals surface area contributed by atoms with Gasteiger partial charge >= 0.3 is 11.7 Å². The standard InChI is InChI=1S/C20H19N5O8/c1-30-18-7-13(8-21-23-19(26)11-24-10-14(9-22-24)25(28)29)3-5-16(18)32-12-15-4-6-17(33-15)20(27)31-2/h3-10H,11-12H2,1-2H3,(H,23,26)/b21-8+. The molecule has 3 rings (SSSR count). The third kappa shape index (κ3) is 6.16. The van der Waals surface area contributed by atoms with E-state index in [-0.39, 0.29) is 24.6 Å². The van der Waals surface area contributed by atoms with E-state index in [9.17, 15) is 19.7 Å². The molecule has 0 saturated carbocycles. The highest BCUT2D eigenvalue weighted by Crippen LogP contribution is 2.28. The minimum atomic E-state index is -0.603. The van der Waals surface area contributed by atoms with Crippen molar-refractivity contribution in [1.29, 1.82) is 0 Å². The molecule has 0 spiro atoms. The Bertz CT molecular complexity index is 1180. The Kier molecular flexibility index (Phi) is 7.36. The summed E-state index contributed by atoms with van der Waals surface area (Å²) in [6.45, 7) is -0.172. The monoisotopic (exact) mass is 457 g/mol. The van der Waals surface area contributed by atoms with Gasteiger partial charge in [-0.3, -0.25) is 19.6 Å². The fraction of sp³-hybridized carbons (Fsp3) is 0.200. The maximum Gasteiger partial charge on any atom is 0.373 e. The normalized spacial score (nSPS) is 10.7. The molecule has 3 aromatic rings. The first-order chi connectivity index (χ1) is 15.9. The fourth-order valence-electron chi connectivity index (χ4n) is 2.59. The molecule has 0 fully saturated rings. The lowest BCUT2D eigenvalue weighted by Crippen LogP contribution is -2.23. The van der Waals surface area contributed by atoms with E-state index in [1.165, 1.54) is 26.5 Å². The molecular formula is C20H19N5O8. The van der Waals surface area contributed by atoms with E-state index in [1.807, 2.05) is 0 Å².